The highest BCUT2D eigenvalue weighted by Crippen LogP contribution is 2.24. The molecule has 1 aromatic heterocycles. The number of likely N-dealkylation sites (tertiary alicyclic amines) is 1. The molecule has 0 aliphatic carbocycles. The van der Waals surface area contributed by atoms with Crippen LogP contribution in [-0.2, 0) is 6.54 Å². The highest BCUT2D eigenvalue weighted by atomic mass is 32.1. The summed E-state index contributed by atoms with van der Waals surface area (Å²) in [5.74, 6) is 0. The number of nitrogens with zero attached hydrogens (tertiary/aromatic N) is 2. The molecule has 4 rings (SSSR count). The van der Waals surface area contributed by atoms with Gasteiger partial charge in [0.05, 0.1) is 11.0 Å². The van der Waals surface area contributed by atoms with Crippen LogP contribution >= 0.6 is 12.2 Å². The van der Waals surface area contributed by atoms with Gasteiger partial charge in [0.25, 0.3) is 0 Å². The van der Waals surface area contributed by atoms with Crippen LogP contribution in [0.3, 0.4) is 0 Å². The van der Waals surface area contributed by atoms with Crippen molar-refractivity contribution in [3.8, 4) is 0 Å². The summed E-state index contributed by atoms with van der Waals surface area (Å²) in [6.07, 6.45) is 1.82. The molecule has 1 saturated heterocycles. The highest BCUT2D eigenvalue weighted by Gasteiger charge is 2.24. The Labute approximate surface area is 157 Å². The molecule has 5 nitrogen and oxygen atoms in total. The number of hydrogen-bond donors (Lipinski definition) is 2. The van der Waals surface area contributed by atoms with Crippen molar-refractivity contribution in [2.75, 3.05) is 13.1 Å². The first-order valence-corrected chi connectivity index (χ1v) is 9.39. The quantitative estimate of drug-likeness (QED) is 0.700. The molecule has 2 heterocycles. The lowest BCUT2D eigenvalue weighted by molar-refractivity contribution is 0.264. The molecule has 0 amide bonds. The van der Waals surface area contributed by atoms with E-state index in [1.807, 2.05) is 47.0 Å². The van der Waals surface area contributed by atoms with Crippen LogP contribution in [0.5, 0.6) is 0 Å². The zero-order valence-electron chi connectivity index (χ0n) is 14.5. The van der Waals surface area contributed by atoms with Crippen LogP contribution in [-0.4, -0.2) is 32.7 Å². The smallest absolute Gasteiger partial charge is 0.326 e. The first kappa shape index (κ1) is 16.8. The molecule has 0 radical (unpaired) electrons. The van der Waals surface area contributed by atoms with Gasteiger partial charge in [0.1, 0.15) is 0 Å². The van der Waals surface area contributed by atoms with Gasteiger partial charge in [-0.3, -0.25) is 4.57 Å². The molecule has 0 saturated carbocycles. The van der Waals surface area contributed by atoms with Crippen molar-refractivity contribution >= 4 is 28.4 Å². The number of aromatic amines is 1. The molecule has 2 N–H and O–H groups in total. The van der Waals surface area contributed by atoms with E-state index in [0.717, 1.165) is 48.6 Å². The molecule has 3 aromatic rings. The van der Waals surface area contributed by atoms with Crippen molar-refractivity contribution in [3.63, 3.8) is 0 Å². The average Bonchev–Trinajstić information content (AvgIpc) is 3.03. The van der Waals surface area contributed by atoms with Gasteiger partial charge in [-0.15, -0.1) is 0 Å². The lowest BCUT2D eigenvalue weighted by Crippen LogP contribution is -2.45. The number of piperidine rings is 1. The zero-order chi connectivity index (χ0) is 17.9. The lowest BCUT2D eigenvalue weighted by atomic mass is 10.0. The van der Waals surface area contributed by atoms with Crippen LogP contribution in [0.4, 0.5) is 0 Å². The Morgan fingerprint density at radius 1 is 1.08 bits per heavy atom. The first-order chi connectivity index (χ1) is 12.7. The summed E-state index contributed by atoms with van der Waals surface area (Å²) in [7, 11) is 0. The van der Waals surface area contributed by atoms with E-state index >= 15 is 0 Å². The normalized spacial score (nSPS) is 15.3. The number of imidazole rings is 1. The van der Waals surface area contributed by atoms with Crippen molar-refractivity contribution in [2.45, 2.75) is 25.4 Å². The van der Waals surface area contributed by atoms with Gasteiger partial charge in [0, 0.05) is 25.7 Å². The van der Waals surface area contributed by atoms with E-state index in [2.05, 4.69) is 27.3 Å². The van der Waals surface area contributed by atoms with E-state index < -0.39 is 0 Å². The SMILES string of the molecule is O=c1[nH]c2ccccc2n1C1CCN(C(=S)NCc2ccccc2)CC1. The van der Waals surface area contributed by atoms with E-state index in [1.54, 1.807) is 0 Å². The van der Waals surface area contributed by atoms with Gasteiger partial charge in [-0.2, -0.15) is 0 Å². The van der Waals surface area contributed by atoms with Crippen molar-refractivity contribution in [2.24, 2.45) is 0 Å². The van der Waals surface area contributed by atoms with Crippen LogP contribution in [0.1, 0.15) is 24.4 Å². The molecule has 26 heavy (non-hydrogen) atoms. The number of thiocarbonyl (C=S) groups is 1. The van der Waals surface area contributed by atoms with E-state index in [0.29, 0.717) is 0 Å². The van der Waals surface area contributed by atoms with Crippen molar-refractivity contribution in [1.29, 1.82) is 0 Å². The van der Waals surface area contributed by atoms with Crippen molar-refractivity contribution < 1.29 is 0 Å². The van der Waals surface area contributed by atoms with Crippen LogP contribution < -0.4 is 11.0 Å². The van der Waals surface area contributed by atoms with Crippen LogP contribution in [0.25, 0.3) is 11.0 Å². The van der Waals surface area contributed by atoms with E-state index in [-0.39, 0.29) is 11.7 Å². The minimum absolute atomic E-state index is 0.0190. The molecular formula is C20H22N4OS. The summed E-state index contributed by atoms with van der Waals surface area (Å²) < 4.78 is 1.91. The van der Waals surface area contributed by atoms with Gasteiger partial charge >= 0.3 is 5.69 Å². The molecule has 0 atom stereocenters. The molecule has 1 fully saturated rings. The Kier molecular flexibility index (Phi) is 4.75. The number of para-hydroxylation sites is 2. The molecule has 134 valence electrons. The Bertz CT molecular complexity index is 955. The molecule has 6 heteroatoms. The van der Waals surface area contributed by atoms with Crippen LogP contribution in [0.15, 0.2) is 59.4 Å². The molecular weight excluding hydrogens is 344 g/mol. The fourth-order valence-electron chi connectivity index (χ4n) is 3.65. The van der Waals surface area contributed by atoms with Crippen molar-refractivity contribution in [1.82, 2.24) is 19.8 Å². The summed E-state index contributed by atoms with van der Waals surface area (Å²) in [6.45, 7) is 2.45. The van der Waals surface area contributed by atoms with Gasteiger partial charge in [0.2, 0.25) is 0 Å². The summed E-state index contributed by atoms with van der Waals surface area (Å²) in [4.78, 5) is 17.5. The average molecular weight is 366 g/mol. The number of benzene rings is 2. The molecule has 0 spiro atoms. The Morgan fingerprint density at radius 3 is 2.54 bits per heavy atom. The second-order valence-electron chi connectivity index (χ2n) is 6.68. The maximum Gasteiger partial charge on any atom is 0.326 e. The third kappa shape index (κ3) is 3.37. The number of fused-ring (bicyclic) bond motifs is 1. The summed E-state index contributed by atoms with van der Waals surface area (Å²) in [6, 6.07) is 18.3. The molecule has 1 aliphatic rings. The Balaban J connectivity index is 1.38. The monoisotopic (exact) mass is 366 g/mol. The zero-order valence-corrected chi connectivity index (χ0v) is 15.3. The standard InChI is InChI=1S/C20H22N4OS/c25-19-22-17-8-4-5-9-18(17)24(19)16-10-12-23(13-11-16)20(26)21-14-15-6-2-1-3-7-15/h1-9,16H,10-14H2,(H,21,26)(H,22,25). The van der Waals surface area contributed by atoms with E-state index in [1.165, 1.54) is 5.56 Å². The molecule has 0 bridgehead atoms. The van der Waals surface area contributed by atoms with Crippen LogP contribution in [0.2, 0.25) is 0 Å². The predicted octanol–water partition coefficient (Wildman–Crippen LogP) is 3.04. The van der Waals surface area contributed by atoms with E-state index in [9.17, 15) is 4.79 Å². The number of hydrogen-bond acceptors (Lipinski definition) is 2. The lowest BCUT2D eigenvalue weighted by Gasteiger charge is -2.34. The largest absolute Gasteiger partial charge is 0.358 e. The topological polar surface area (TPSA) is 53.1 Å². The fourth-order valence-corrected chi connectivity index (χ4v) is 3.90. The summed E-state index contributed by atoms with van der Waals surface area (Å²) in [5, 5.41) is 4.13. The van der Waals surface area contributed by atoms with Gasteiger partial charge < -0.3 is 15.2 Å². The third-order valence-corrected chi connectivity index (χ3v) is 5.43. The predicted molar refractivity (Wildman–Crippen MR) is 108 cm³/mol. The van der Waals surface area contributed by atoms with Gasteiger partial charge in [-0.1, -0.05) is 42.5 Å². The number of rotatable bonds is 3. The van der Waals surface area contributed by atoms with E-state index in [4.69, 9.17) is 12.2 Å². The maximum absolute atomic E-state index is 12.4. The summed E-state index contributed by atoms with van der Waals surface area (Å²) in [5.41, 5.74) is 3.09. The summed E-state index contributed by atoms with van der Waals surface area (Å²) >= 11 is 5.55. The number of nitrogens with one attached hydrogen (secondary N) is 2. The second-order valence-corrected chi connectivity index (χ2v) is 7.07. The van der Waals surface area contributed by atoms with Gasteiger partial charge in [-0.05, 0) is 42.8 Å². The minimum atomic E-state index is -0.0190. The number of aromatic nitrogens is 2. The molecule has 1 aliphatic heterocycles. The van der Waals surface area contributed by atoms with Gasteiger partial charge in [-0.25, -0.2) is 4.79 Å². The Morgan fingerprint density at radius 2 is 1.77 bits per heavy atom. The molecule has 2 aromatic carbocycles. The maximum atomic E-state index is 12.4. The van der Waals surface area contributed by atoms with Gasteiger partial charge in [0.15, 0.2) is 5.11 Å². The third-order valence-electron chi connectivity index (χ3n) is 5.03. The van der Waals surface area contributed by atoms with Crippen LogP contribution in [0, 0.1) is 0 Å². The number of H-pyrrole nitrogens is 1. The van der Waals surface area contributed by atoms with Crippen molar-refractivity contribution in [3.05, 3.63) is 70.6 Å². The molecule has 0 unspecified atom stereocenters. The first-order valence-electron chi connectivity index (χ1n) is 8.98. The minimum Gasteiger partial charge on any atom is -0.358 e. The highest BCUT2D eigenvalue weighted by molar-refractivity contribution is 7.80. The second kappa shape index (κ2) is 7.33. The Hall–Kier alpha value is -2.60. The fraction of sp³-hybridized carbons (Fsp3) is 0.300.